The molecule has 2 amide bonds. The molecule has 0 atom stereocenters. The van der Waals surface area contributed by atoms with Gasteiger partial charge in [-0.05, 0) is 49.5 Å². The Labute approximate surface area is 175 Å². The zero-order valence-corrected chi connectivity index (χ0v) is 17.5. The Kier molecular flexibility index (Phi) is 5.64. The number of benzene rings is 2. The van der Waals surface area contributed by atoms with E-state index in [1.54, 1.807) is 24.3 Å². The maximum Gasteiger partial charge on any atom is 0.270 e. The molecular weight excluding hydrogens is 452 g/mol. The van der Waals surface area contributed by atoms with Gasteiger partial charge in [0.15, 0.2) is 5.11 Å². The molecule has 0 spiro atoms. The first kappa shape index (κ1) is 19.5. The fourth-order valence-electron chi connectivity index (χ4n) is 2.64. The van der Waals surface area contributed by atoms with Gasteiger partial charge in [0.2, 0.25) is 0 Å². The van der Waals surface area contributed by atoms with Gasteiger partial charge in [-0.15, -0.1) is 0 Å². The van der Waals surface area contributed by atoms with Crippen LogP contribution in [0.25, 0.3) is 6.08 Å². The Morgan fingerprint density at radius 2 is 1.89 bits per heavy atom. The number of amides is 2. The topological polar surface area (TPSA) is 58.6 Å². The van der Waals surface area contributed by atoms with Crippen molar-refractivity contribution in [3.8, 4) is 5.75 Å². The van der Waals surface area contributed by atoms with Crippen molar-refractivity contribution in [2.24, 2.45) is 0 Å². The second kappa shape index (κ2) is 7.80. The molecular formula is C19H14BrClN2O3S. The van der Waals surface area contributed by atoms with Gasteiger partial charge in [-0.25, -0.2) is 0 Å². The van der Waals surface area contributed by atoms with E-state index in [2.05, 4.69) is 21.2 Å². The van der Waals surface area contributed by atoms with Crippen molar-refractivity contribution < 1.29 is 14.3 Å². The minimum absolute atomic E-state index is 0.0326. The first-order chi connectivity index (χ1) is 12.8. The fraction of sp³-hybridized carbons (Fsp3) is 0.105. The zero-order chi connectivity index (χ0) is 19.7. The highest BCUT2D eigenvalue weighted by Gasteiger charge is 2.34. The number of aryl methyl sites for hydroxylation is 1. The van der Waals surface area contributed by atoms with Crippen molar-refractivity contribution in [1.29, 1.82) is 0 Å². The summed E-state index contributed by atoms with van der Waals surface area (Å²) in [7, 11) is 1.47. The van der Waals surface area contributed by atoms with Crippen molar-refractivity contribution in [3.05, 3.63) is 62.6 Å². The van der Waals surface area contributed by atoms with Crippen LogP contribution in [0.3, 0.4) is 0 Å². The van der Waals surface area contributed by atoms with E-state index in [-0.39, 0.29) is 10.7 Å². The number of halogens is 2. The van der Waals surface area contributed by atoms with Crippen LogP contribution in [0.5, 0.6) is 5.75 Å². The summed E-state index contributed by atoms with van der Waals surface area (Å²) in [5, 5.41) is 2.94. The maximum atomic E-state index is 13.0. The Morgan fingerprint density at radius 3 is 2.52 bits per heavy atom. The standard InChI is InChI=1S/C19H14BrClN2O3S/c1-10-3-5-13(6-4-10)23-18(25)14(17(24)22-19(23)27)8-11-7-12(20)9-15(21)16(11)26-2/h3-9H,1-2H3,(H,22,24,27)/b14-8+. The van der Waals surface area contributed by atoms with Crippen LogP contribution in [0, 0.1) is 6.92 Å². The second-order valence-corrected chi connectivity index (χ2v) is 7.51. The van der Waals surface area contributed by atoms with Gasteiger partial charge >= 0.3 is 0 Å². The van der Waals surface area contributed by atoms with Crippen LogP contribution < -0.4 is 15.0 Å². The Morgan fingerprint density at radius 1 is 1.22 bits per heavy atom. The fourth-order valence-corrected chi connectivity index (χ4v) is 3.84. The van der Waals surface area contributed by atoms with Crippen molar-refractivity contribution in [3.63, 3.8) is 0 Å². The molecule has 1 N–H and O–H groups in total. The van der Waals surface area contributed by atoms with Gasteiger partial charge in [0.25, 0.3) is 11.8 Å². The zero-order valence-electron chi connectivity index (χ0n) is 14.4. The summed E-state index contributed by atoms with van der Waals surface area (Å²) in [6.07, 6.45) is 1.44. The van der Waals surface area contributed by atoms with Gasteiger partial charge in [-0.1, -0.05) is 45.2 Å². The first-order valence-electron chi connectivity index (χ1n) is 7.83. The van der Waals surface area contributed by atoms with Gasteiger partial charge in [-0.2, -0.15) is 0 Å². The number of carbonyl (C=O) groups is 2. The van der Waals surface area contributed by atoms with E-state index in [0.29, 0.717) is 26.5 Å². The van der Waals surface area contributed by atoms with E-state index in [4.69, 9.17) is 28.6 Å². The largest absolute Gasteiger partial charge is 0.495 e. The highest BCUT2D eigenvalue weighted by Crippen LogP contribution is 2.34. The Balaban J connectivity index is 2.09. The third kappa shape index (κ3) is 3.90. The predicted molar refractivity (Wildman–Crippen MR) is 113 cm³/mol. The summed E-state index contributed by atoms with van der Waals surface area (Å²) in [6.45, 7) is 1.94. The van der Waals surface area contributed by atoms with Gasteiger partial charge < -0.3 is 4.74 Å². The van der Waals surface area contributed by atoms with Gasteiger partial charge in [0, 0.05) is 10.0 Å². The molecule has 0 bridgehead atoms. The van der Waals surface area contributed by atoms with E-state index < -0.39 is 11.8 Å². The van der Waals surface area contributed by atoms with Crippen LogP contribution in [0.15, 0.2) is 46.4 Å². The molecule has 0 radical (unpaired) electrons. The average molecular weight is 466 g/mol. The highest BCUT2D eigenvalue weighted by atomic mass is 79.9. The molecule has 0 saturated carbocycles. The van der Waals surface area contributed by atoms with E-state index >= 15 is 0 Å². The number of anilines is 1. The van der Waals surface area contributed by atoms with Crippen molar-refractivity contribution in [2.45, 2.75) is 6.92 Å². The van der Waals surface area contributed by atoms with Crippen molar-refractivity contribution in [1.82, 2.24) is 5.32 Å². The lowest BCUT2D eigenvalue weighted by Crippen LogP contribution is -2.54. The third-order valence-corrected chi connectivity index (χ3v) is 4.96. The monoisotopic (exact) mass is 464 g/mol. The number of thiocarbonyl (C=S) groups is 1. The van der Waals surface area contributed by atoms with Gasteiger partial charge in [-0.3, -0.25) is 19.8 Å². The smallest absolute Gasteiger partial charge is 0.270 e. The molecule has 0 aliphatic carbocycles. The summed E-state index contributed by atoms with van der Waals surface area (Å²) in [6, 6.07) is 10.6. The number of hydrogen-bond acceptors (Lipinski definition) is 4. The summed E-state index contributed by atoms with van der Waals surface area (Å²) in [5.74, 6) is -0.736. The normalized spacial score (nSPS) is 15.9. The van der Waals surface area contributed by atoms with Gasteiger partial charge in [0.05, 0.1) is 17.8 Å². The molecule has 1 aliphatic heterocycles. The quantitative estimate of drug-likeness (QED) is 0.418. The molecule has 3 rings (SSSR count). The lowest BCUT2D eigenvalue weighted by molar-refractivity contribution is -0.122. The minimum atomic E-state index is -0.577. The van der Waals surface area contributed by atoms with Crippen LogP contribution in [0.2, 0.25) is 5.02 Å². The number of rotatable bonds is 3. The summed E-state index contributed by atoms with van der Waals surface area (Å²) < 4.78 is 6.00. The SMILES string of the molecule is COc1c(Cl)cc(Br)cc1/C=C1\C(=O)NC(=S)N(c2ccc(C)cc2)C1=O. The molecule has 5 nitrogen and oxygen atoms in total. The summed E-state index contributed by atoms with van der Waals surface area (Å²) in [5.41, 5.74) is 2.03. The van der Waals surface area contributed by atoms with Crippen LogP contribution in [-0.4, -0.2) is 24.0 Å². The molecule has 1 heterocycles. The van der Waals surface area contributed by atoms with E-state index in [1.807, 2.05) is 19.1 Å². The average Bonchev–Trinajstić information content (AvgIpc) is 2.59. The Bertz CT molecular complexity index is 989. The lowest BCUT2D eigenvalue weighted by Gasteiger charge is -2.29. The molecule has 1 saturated heterocycles. The third-order valence-electron chi connectivity index (χ3n) is 3.93. The molecule has 1 aliphatic rings. The van der Waals surface area contributed by atoms with E-state index in [0.717, 1.165) is 5.56 Å². The molecule has 138 valence electrons. The van der Waals surface area contributed by atoms with Gasteiger partial charge in [0.1, 0.15) is 11.3 Å². The molecule has 27 heavy (non-hydrogen) atoms. The van der Waals surface area contributed by atoms with Crippen LogP contribution >= 0.6 is 39.7 Å². The summed E-state index contributed by atoms with van der Waals surface area (Å²) in [4.78, 5) is 26.7. The number of hydrogen-bond donors (Lipinski definition) is 1. The van der Waals surface area contributed by atoms with E-state index in [1.165, 1.54) is 18.1 Å². The van der Waals surface area contributed by atoms with E-state index in [9.17, 15) is 9.59 Å². The van der Waals surface area contributed by atoms with Crippen molar-refractivity contribution in [2.75, 3.05) is 12.0 Å². The van der Waals surface area contributed by atoms with Crippen LogP contribution in [0.1, 0.15) is 11.1 Å². The first-order valence-corrected chi connectivity index (χ1v) is 9.41. The molecule has 0 unspecified atom stereocenters. The molecule has 1 fully saturated rings. The molecule has 2 aromatic carbocycles. The predicted octanol–water partition coefficient (Wildman–Crippen LogP) is 4.25. The highest BCUT2D eigenvalue weighted by molar-refractivity contribution is 9.10. The van der Waals surface area contributed by atoms with Crippen LogP contribution in [0.4, 0.5) is 5.69 Å². The molecule has 2 aromatic rings. The number of ether oxygens (including phenoxy) is 1. The Hall–Kier alpha value is -2.22. The van der Waals surface area contributed by atoms with Crippen LogP contribution in [-0.2, 0) is 9.59 Å². The number of carbonyl (C=O) groups excluding carboxylic acids is 2. The minimum Gasteiger partial charge on any atom is -0.495 e. The number of nitrogens with zero attached hydrogens (tertiary/aromatic N) is 1. The summed E-state index contributed by atoms with van der Waals surface area (Å²) >= 11 is 14.7. The molecule has 0 aromatic heterocycles. The number of nitrogens with one attached hydrogen (secondary N) is 1. The second-order valence-electron chi connectivity index (χ2n) is 5.80. The van der Waals surface area contributed by atoms with Crippen molar-refractivity contribution >= 4 is 68.4 Å². The maximum absolute atomic E-state index is 13.0. The number of methoxy groups -OCH3 is 1. The lowest BCUT2D eigenvalue weighted by atomic mass is 10.1. The molecule has 8 heteroatoms.